The Morgan fingerprint density at radius 3 is 2.74 bits per heavy atom. The number of phenols is 1. The molecule has 0 bridgehead atoms. The number of amides is 2. The van der Waals surface area contributed by atoms with E-state index in [1.165, 1.54) is 18.2 Å². The molecule has 0 radical (unpaired) electrons. The van der Waals surface area contributed by atoms with Gasteiger partial charge in [-0.1, -0.05) is 0 Å². The zero-order chi connectivity index (χ0) is 14.0. The second-order valence-electron chi connectivity index (χ2n) is 4.65. The Labute approximate surface area is 110 Å². The van der Waals surface area contributed by atoms with E-state index in [0.717, 1.165) is 12.8 Å². The van der Waals surface area contributed by atoms with Gasteiger partial charge < -0.3 is 20.4 Å². The summed E-state index contributed by atoms with van der Waals surface area (Å²) >= 11 is 0. The van der Waals surface area contributed by atoms with Crippen LogP contribution < -0.4 is 5.32 Å². The first-order chi connectivity index (χ1) is 8.99. The summed E-state index contributed by atoms with van der Waals surface area (Å²) in [5.74, 6) is -1.55. The van der Waals surface area contributed by atoms with E-state index >= 15 is 0 Å². The fourth-order valence-electron chi connectivity index (χ4n) is 2.22. The van der Waals surface area contributed by atoms with Crippen LogP contribution in [0.3, 0.4) is 0 Å². The van der Waals surface area contributed by atoms with Crippen molar-refractivity contribution < 1.29 is 19.8 Å². The first kappa shape index (κ1) is 13.2. The van der Waals surface area contributed by atoms with Crippen LogP contribution in [0.4, 0.5) is 10.5 Å². The number of anilines is 1. The second-order valence-corrected chi connectivity index (χ2v) is 4.65. The first-order valence-corrected chi connectivity index (χ1v) is 6.13. The summed E-state index contributed by atoms with van der Waals surface area (Å²) in [6.45, 7) is 2.68. The maximum atomic E-state index is 12.0. The predicted molar refractivity (Wildman–Crippen MR) is 69.5 cm³/mol. The normalized spacial score (nSPS) is 18.4. The molecule has 1 aromatic carbocycles. The predicted octanol–water partition coefficient (Wildman–Crippen LogP) is 2.11. The number of carbonyl (C=O) groups excluding carboxylic acids is 1. The van der Waals surface area contributed by atoms with Crippen molar-refractivity contribution in [3.63, 3.8) is 0 Å². The Kier molecular flexibility index (Phi) is 3.59. The van der Waals surface area contributed by atoms with Crippen LogP contribution in [0.15, 0.2) is 18.2 Å². The monoisotopic (exact) mass is 264 g/mol. The van der Waals surface area contributed by atoms with Crippen molar-refractivity contribution in [2.24, 2.45) is 0 Å². The van der Waals surface area contributed by atoms with Gasteiger partial charge in [0.1, 0.15) is 11.3 Å². The molecule has 102 valence electrons. The maximum absolute atomic E-state index is 12.0. The summed E-state index contributed by atoms with van der Waals surface area (Å²) in [7, 11) is 0. The smallest absolute Gasteiger partial charge is 0.339 e. The van der Waals surface area contributed by atoms with Gasteiger partial charge in [-0.2, -0.15) is 0 Å². The molecule has 2 amide bonds. The highest BCUT2D eigenvalue weighted by Gasteiger charge is 2.25. The summed E-state index contributed by atoms with van der Waals surface area (Å²) in [5, 5.41) is 20.9. The summed E-state index contributed by atoms with van der Waals surface area (Å²) in [6, 6.07) is 3.92. The Morgan fingerprint density at radius 2 is 2.16 bits per heavy atom. The molecule has 1 atom stereocenters. The number of nitrogens with one attached hydrogen (secondary N) is 1. The minimum atomic E-state index is -1.23. The Morgan fingerprint density at radius 1 is 1.42 bits per heavy atom. The fourth-order valence-corrected chi connectivity index (χ4v) is 2.22. The van der Waals surface area contributed by atoms with Crippen LogP contribution in [0.1, 0.15) is 30.1 Å². The first-order valence-electron chi connectivity index (χ1n) is 6.13. The zero-order valence-corrected chi connectivity index (χ0v) is 10.6. The lowest BCUT2D eigenvalue weighted by Crippen LogP contribution is -2.37. The van der Waals surface area contributed by atoms with Gasteiger partial charge >= 0.3 is 12.0 Å². The molecule has 1 unspecified atom stereocenters. The van der Waals surface area contributed by atoms with Gasteiger partial charge in [0, 0.05) is 18.3 Å². The average Bonchev–Trinajstić information content (AvgIpc) is 2.77. The number of carboxylic acid groups (broad SMARTS) is 1. The molecule has 6 heteroatoms. The third-order valence-electron chi connectivity index (χ3n) is 3.29. The number of hydrogen-bond acceptors (Lipinski definition) is 3. The number of aromatic carboxylic acids is 1. The van der Waals surface area contributed by atoms with E-state index < -0.39 is 5.97 Å². The Bertz CT molecular complexity index is 515. The molecule has 0 saturated carbocycles. The molecule has 1 aromatic rings. The Balaban J connectivity index is 2.13. The van der Waals surface area contributed by atoms with Crippen molar-refractivity contribution in [2.75, 3.05) is 11.9 Å². The van der Waals surface area contributed by atoms with Crippen molar-refractivity contribution in [3.8, 4) is 5.75 Å². The number of rotatable bonds is 2. The van der Waals surface area contributed by atoms with Gasteiger partial charge in [-0.25, -0.2) is 9.59 Å². The van der Waals surface area contributed by atoms with Crippen molar-refractivity contribution in [1.82, 2.24) is 4.90 Å². The molecular weight excluding hydrogens is 248 g/mol. The van der Waals surface area contributed by atoms with Crippen molar-refractivity contribution in [1.29, 1.82) is 0 Å². The van der Waals surface area contributed by atoms with Crippen molar-refractivity contribution in [2.45, 2.75) is 25.8 Å². The SMILES string of the molecule is CC1CCCN1C(=O)Nc1ccc(O)c(C(=O)O)c1. The highest BCUT2D eigenvalue weighted by molar-refractivity contribution is 5.95. The molecule has 0 aliphatic carbocycles. The summed E-state index contributed by atoms with van der Waals surface area (Å²) in [5.41, 5.74) is 0.131. The van der Waals surface area contributed by atoms with E-state index in [-0.39, 0.29) is 23.4 Å². The van der Waals surface area contributed by atoms with Crippen LogP contribution in [-0.2, 0) is 0 Å². The van der Waals surface area contributed by atoms with E-state index in [1.807, 2.05) is 6.92 Å². The molecule has 1 aliphatic rings. The lowest BCUT2D eigenvalue weighted by molar-refractivity contribution is 0.0693. The molecule has 1 saturated heterocycles. The summed E-state index contributed by atoms with van der Waals surface area (Å²) < 4.78 is 0. The van der Waals surface area contributed by atoms with Gasteiger partial charge in [-0.15, -0.1) is 0 Å². The molecule has 19 heavy (non-hydrogen) atoms. The topological polar surface area (TPSA) is 89.9 Å². The molecule has 1 heterocycles. The van der Waals surface area contributed by atoms with E-state index in [1.54, 1.807) is 4.90 Å². The fraction of sp³-hybridized carbons (Fsp3) is 0.385. The maximum Gasteiger partial charge on any atom is 0.339 e. The molecule has 0 aromatic heterocycles. The molecule has 1 aliphatic heterocycles. The molecular formula is C13H16N2O4. The molecule has 0 spiro atoms. The second kappa shape index (κ2) is 5.17. The quantitative estimate of drug-likeness (QED) is 0.713. The van der Waals surface area contributed by atoms with Gasteiger partial charge in [-0.3, -0.25) is 0 Å². The van der Waals surface area contributed by atoms with E-state index in [4.69, 9.17) is 5.11 Å². The summed E-state index contributed by atoms with van der Waals surface area (Å²) in [4.78, 5) is 24.6. The van der Waals surface area contributed by atoms with Crippen molar-refractivity contribution in [3.05, 3.63) is 23.8 Å². The number of aromatic hydroxyl groups is 1. The number of carbonyl (C=O) groups is 2. The minimum absolute atomic E-state index is 0.191. The number of likely N-dealkylation sites (tertiary alicyclic amines) is 1. The van der Waals surface area contributed by atoms with Gasteiger partial charge in [0.2, 0.25) is 0 Å². The number of benzene rings is 1. The average molecular weight is 264 g/mol. The van der Waals surface area contributed by atoms with Crippen LogP contribution >= 0.6 is 0 Å². The number of urea groups is 1. The third-order valence-corrected chi connectivity index (χ3v) is 3.29. The summed E-state index contributed by atoms with van der Waals surface area (Å²) in [6.07, 6.45) is 1.95. The lowest BCUT2D eigenvalue weighted by atomic mass is 10.2. The largest absolute Gasteiger partial charge is 0.507 e. The standard InChI is InChI=1S/C13H16N2O4/c1-8-3-2-6-15(8)13(19)14-9-4-5-11(16)10(7-9)12(17)18/h4-5,7-8,16H,2-3,6H2,1H3,(H,14,19)(H,17,18). The molecule has 6 nitrogen and oxygen atoms in total. The molecule has 2 rings (SSSR count). The van der Waals surface area contributed by atoms with Crippen LogP contribution in [0.5, 0.6) is 5.75 Å². The van der Waals surface area contributed by atoms with Gasteiger partial charge in [0.05, 0.1) is 0 Å². The Hall–Kier alpha value is -2.24. The third kappa shape index (κ3) is 2.78. The highest BCUT2D eigenvalue weighted by atomic mass is 16.4. The highest BCUT2D eigenvalue weighted by Crippen LogP contribution is 2.23. The molecule has 1 fully saturated rings. The van der Waals surface area contributed by atoms with E-state index in [0.29, 0.717) is 12.2 Å². The minimum Gasteiger partial charge on any atom is -0.507 e. The van der Waals surface area contributed by atoms with Gasteiger partial charge in [0.25, 0.3) is 0 Å². The van der Waals surface area contributed by atoms with Gasteiger partial charge in [-0.05, 0) is 38.0 Å². The van der Waals surface area contributed by atoms with Crippen LogP contribution in [-0.4, -0.2) is 39.7 Å². The lowest BCUT2D eigenvalue weighted by Gasteiger charge is -2.21. The zero-order valence-electron chi connectivity index (χ0n) is 10.6. The van der Waals surface area contributed by atoms with Crippen molar-refractivity contribution >= 4 is 17.7 Å². The van der Waals surface area contributed by atoms with Crippen LogP contribution in [0.25, 0.3) is 0 Å². The number of hydrogen-bond donors (Lipinski definition) is 3. The van der Waals surface area contributed by atoms with E-state index in [2.05, 4.69) is 5.32 Å². The van der Waals surface area contributed by atoms with Gasteiger partial charge in [0.15, 0.2) is 0 Å². The number of carboxylic acids is 1. The molecule has 3 N–H and O–H groups in total. The van der Waals surface area contributed by atoms with Crippen LogP contribution in [0.2, 0.25) is 0 Å². The van der Waals surface area contributed by atoms with E-state index in [9.17, 15) is 14.7 Å². The van der Waals surface area contributed by atoms with Crippen LogP contribution in [0, 0.1) is 0 Å². The number of nitrogens with zero attached hydrogens (tertiary/aromatic N) is 1.